The quantitative estimate of drug-likeness (QED) is 0.279. The molecule has 6 heteroatoms. The maximum atomic E-state index is 4.46. The van der Waals surface area contributed by atoms with Gasteiger partial charge in [-0.15, -0.1) is 5.10 Å². The fraction of sp³-hybridized carbons (Fsp3) is 0.222. The molecule has 3 rings (SSSR count). The Morgan fingerprint density at radius 1 is 1.04 bits per heavy atom. The number of aromatic nitrogens is 1. The molecular formula is C18H17Br2N3S. The van der Waals surface area contributed by atoms with Crippen LogP contribution in [0.25, 0.3) is 10.2 Å². The number of halogens is 2. The summed E-state index contributed by atoms with van der Waals surface area (Å²) in [6.45, 7) is 1.99. The summed E-state index contributed by atoms with van der Waals surface area (Å²) in [7, 11) is 2.02. The van der Waals surface area contributed by atoms with Gasteiger partial charge in [0.25, 0.3) is 0 Å². The Hall–Kier alpha value is -1.24. The molecule has 3 aromatic rings. The van der Waals surface area contributed by atoms with E-state index in [1.54, 1.807) is 11.3 Å². The van der Waals surface area contributed by atoms with Gasteiger partial charge in [0.05, 0.1) is 25.6 Å². The Balaban J connectivity index is 1.88. The SMILES string of the molecule is C/C(=N\N=c1\sc2ccccc2n1C)C(Br)C(Br)c1ccccc1. The lowest BCUT2D eigenvalue weighted by Gasteiger charge is -2.16. The summed E-state index contributed by atoms with van der Waals surface area (Å²) in [5.74, 6) is 0. The highest BCUT2D eigenvalue weighted by Crippen LogP contribution is 2.31. The van der Waals surface area contributed by atoms with Crippen molar-refractivity contribution in [3.8, 4) is 0 Å². The average Bonchev–Trinajstić information content (AvgIpc) is 2.95. The van der Waals surface area contributed by atoms with Crippen LogP contribution in [0, 0.1) is 0 Å². The van der Waals surface area contributed by atoms with Crippen molar-refractivity contribution in [2.45, 2.75) is 16.6 Å². The first kappa shape index (κ1) is 17.6. The minimum atomic E-state index is 0.0725. The van der Waals surface area contributed by atoms with E-state index in [0.29, 0.717) is 0 Å². The number of benzene rings is 2. The second kappa shape index (κ2) is 7.76. The predicted octanol–water partition coefficient (Wildman–Crippen LogP) is 5.42. The third-order valence-electron chi connectivity index (χ3n) is 3.78. The van der Waals surface area contributed by atoms with E-state index in [-0.39, 0.29) is 9.65 Å². The van der Waals surface area contributed by atoms with E-state index in [0.717, 1.165) is 10.5 Å². The van der Waals surface area contributed by atoms with Crippen LogP contribution in [0.2, 0.25) is 0 Å². The molecule has 0 saturated carbocycles. The van der Waals surface area contributed by atoms with Crippen molar-refractivity contribution >= 4 is 59.1 Å². The van der Waals surface area contributed by atoms with Gasteiger partial charge in [0.1, 0.15) is 0 Å². The molecule has 0 radical (unpaired) electrons. The van der Waals surface area contributed by atoms with Gasteiger partial charge in [-0.3, -0.25) is 0 Å². The topological polar surface area (TPSA) is 29.6 Å². The lowest BCUT2D eigenvalue weighted by molar-refractivity contribution is 0.885. The Morgan fingerprint density at radius 3 is 2.42 bits per heavy atom. The highest BCUT2D eigenvalue weighted by atomic mass is 79.9. The molecule has 24 heavy (non-hydrogen) atoms. The van der Waals surface area contributed by atoms with E-state index in [1.807, 2.05) is 44.3 Å². The number of alkyl halides is 2. The summed E-state index contributed by atoms with van der Waals surface area (Å²) in [6.07, 6.45) is 0. The maximum Gasteiger partial charge on any atom is 0.211 e. The first-order valence-corrected chi connectivity index (χ1v) is 10.2. The van der Waals surface area contributed by atoms with Crippen LogP contribution >= 0.6 is 43.2 Å². The van der Waals surface area contributed by atoms with Crippen LogP contribution in [0.4, 0.5) is 0 Å². The van der Waals surface area contributed by atoms with Gasteiger partial charge in [-0.05, 0) is 24.6 Å². The fourth-order valence-corrected chi connectivity index (χ4v) is 4.43. The standard InChI is InChI=1S/C18H17Br2N3S/c1-12(16(19)17(20)13-8-4-3-5-9-13)21-22-18-23(2)14-10-6-7-11-15(14)24-18/h3-11,16-17H,1-2H3/b21-12+,22-18+. The van der Waals surface area contributed by atoms with Crippen LogP contribution in [0.5, 0.6) is 0 Å². The van der Waals surface area contributed by atoms with E-state index in [9.17, 15) is 0 Å². The monoisotopic (exact) mass is 465 g/mol. The second-order valence-corrected chi connectivity index (χ2v) is 8.45. The van der Waals surface area contributed by atoms with Gasteiger partial charge >= 0.3 is 0 Å². The third-order valence-corrected chi connectivity index (χ3v) is 7.84. The average molecular weight is 467 g/mol. The Bertz CT molecular complexity index is 928. The highest BCUT2D eigenvalue weighted by Gasteiger charge is 2.20. The molecule has 0 amide bonds. The second-order valence-electron chi connectivity index (χ2n) is 5.47. The summed E-state index contributed by atoms with van der Waals surface area (Å²) in [5.41, 5.74) is 3.31. The Kier molecular flexibility index (Phi) is 5.69. The number of nitrogens with zero attached hydrogens (tertiary/aromatic N) is 3. The van der Waals surface area contributed by atoms with Crippen LogP contribution in [0.3, 0.4) is 0 Å². The molecule has 2 atom stereocenters. The molecule has 3 nitrogen and oxygen atoms in total. The summed E-state index contributed by atoms with van der Waals surface area (Å²) < 4.78 is 3.28. The summed E-state index contributed by atoms with van der Waals surface area (Å²) in [5, 5.41) is 8.91. The van der Waals surface area contributed by atoms with Crippen LogP contribution in [0.1, 0.15) is 17.3 Å². The van der Waals surface area contributed by atoms with Crippen LogP contribution < -0.4 is 4.80 Å². The molecular weight excluding hydrogens is 450 g/mol. The number of thiazole rings is 1. The molecule has 0 N–H and O–H groups in total. The van der Waals surface area contributed by atoms with Crippen molar-refractivity contribution in [3.05, 3.63) is 65.0 Å². The van der Waals surface area contributed by atoms with Crippen LogP contribution in [-0.4, -0.2) is 15.1 Å². The minimum absolute atomic E-state index is 0.0725. The molecule has 1 heterocycles. The van der Waals surface area contributed by atoms with Gasteiger partial charge < -0.3 is 4.57 Å². The molecule has 1 aromatic heterocycles. The van der Waals surface area contributed by atoms with Crippen molar-refractivity contribution in [1.82, 2.24) is 4.57 Å². The molecule has 2 aromatic carbocycles. The van der Waals surface area contributed by atoms with Crippen LogP contribution in [-0.2, 0) is 7.05 Å². The number of hydrogen-bond donors (Lipinski definition) is 0. The van der Waals surface area contributed by atoms with Crippen LogP contribution in [0.15, 0.2) is 64.8 Å². The number of aryl methyl sites for hydroxylation is 1. The normalized spacial score (nSPS) is 15.7. The Labute approximate surface area is 162 Å². The fourth-order valence-electron chi connectivity index (χ4n) is 2.37. The van der Waals surface area contributed by atoms with Crippen molar-refractivity contribution in [1.29, 1.82) is 0 Å². The molecule has 0 aliphatic rings. The van der Waals surface area contributed by atoms with Crippen molar-refractivity contribution in [3.63, 3.8) is 0 Å². The number of fused-ring (bicyclic) bond motifs is 1. The van der Waals surface area contributed by atoms with Crippen molar-refractivity contribution < 1.29 is 0 Å². The largest absolute Gasteiger partial charge is 0.318 e. The van der Waals surface area contributed by atoms with E-state index in [4.69, 9.17) is 0 Å². The zero-order chi connectivity index (χ0) is 17.1. The number of para-hydroxylation sites is 1. The number of hydrogen-bond acceptors (Lipinski definition) is 3. The van der Waals surface area contributed by atoms with Gasteiger partial charge in [0.15, 0.2) is 0 Å². The van der Waals surface area contributed by atoms with Gasteiger partial charge in [0.2, 0.25) is 4.80 Å². The lowest BCUT2D eigenvalue weighted by atomic mass is 10.1. The summed E-state index contributed by atoms with van der Waals surface area (Å²) in [4.78, 5) is 1.11. The Morgan fingerprint density at radius 2 is 1.71 bits per heavy atom. The zero-order valence-corrected chi connectivity index (χ0v) is 17.3. The zero-order valence-electron chi connectivity index (χ0n) is 13.4. The molecule has 0 spiro atoms. The highest BCUT2D eigenvalue weighted by molar-refractivity contribution is 9.12. The van der Waals surface area contributed by atoms with Gasteiger partial charge in [0, 0.05) is 7.05 Å². The van der Waals surface area contributed by atoms with E-state index in [2.05, 4.69) is 70.9 Å². The lowest BCUT2D eigenvalue weighted by Crippen LogP contribution is -2.17. The summed E-state index contributed by atoms with van der Waals surface area (Å²) >= 11 is 9.12. The third kappa shape index (κ3) is 3.71. The van der Waals surface area contributed by atoms with Gasteiger partial charge in [-0.1, -0.05) is 85.7 Å². The van der Waals surface area contributed by atoms with E-state index >= 15 is 0 Å². The van der Waals surface area contributed by atoms with E-state index < -0.39 is 0 Å². The molecule has 0 fully saturated rings. The van der Waals surface area contributed by atoms with Crippen molar-refractivity contribution in [2.24, 2.45) is 17.3 Å². The molecule has 0 bridgehead atoms. The maximum absolute atomic E-state index is 4.46. The molecule has 0 aliphatic heterocycles. The first-order chi connectivity index (χ1) is 11.6. The van der Waals surface area contributed by atoms with E-state index in [1.165, 1.54) is 15.8 Å². The summed E-state index contributed by atoms with van der Waals surface area (Å²) in [6, 6.07) is 18.6. The predicted molar refractivity (Wildman–Crippen MR) is 110 cm³/mol. The van der Waals surface area contributed by atoms with Crippen molar-refractivity contribution in [2.75, 3.05) is 0 Å². The molecule has 2 unspecified atom stereocenters. The number of rotatable bonds is 4. The molecule has 124 valence electrons. The van der Waals surface area contributed by atoms with Gasteiger partial charge in [-0.2, -0.15) is 5.10 Å². The molecule has 0 aliphatic carbocycles. The first-order valence-electron chi connectivity index (χ1n) is 7.54. The molecule has 0 saturated heterocycles. The smallest absolute Gasteiger partial charge is 0.211 e. The van der Waals surface area contributed by atoms with Gasteiger partial charge in [-0.25, -0.2) is 0 Å². The minimum Gasteiger partial charge on any atom is -0.318 e.